The number of aliphatic hydroxyl groups excluding tert-OH is 1. The van der Waals surface area contributed by atoms with Crippen LogP contribution in [-0.2, 0) is 19.0 Å². The molecule has 3 heterocycles. The Kier molecular flexibility index (Phi) is 7.90. The molecule has 9 heteroatoms. The molecule has 3 aliphatic rings. The van der Waals surface area contributed by atoms with Crippen LogP contribution in [0.25, 0.3) is 0 Å². The molecule has 0 saturated carbocycles. The van der Waals surface area contributed by atoms with Crippen molar-refractivity contribution < 1.29 is 28.9 Å². The standard InChI is InChI=1S/C19H33N3O6/c1-2-5-20-19(25)22-11-14(23)12-27-13-17-16(22)4-3-15(28-17)10-18(24)21-6-8-26-9-7-21/h14-17,23H,2-13H2,1H3,(H,20,25)/t14-,15+,16-,17+/m1/s1. The summed E-state index contributed by atoms with van der Waals surface area (Å²) < 4.78 is 17.1. The predicted molar refractivity (Wildman–Crippen MR) is 101 cm³/mol. The van der Waals surface area contributed by atoms with E-state index in [1.165, 1.54) is 0 Å². The lowest BCUT2D eigenvalue weighted by atomic mass is 9.94. The second-order valence-corrected chi connectivity index (χ2v) is 7.71. The summed E-state index contributed by atoms with van der Waals surface area (Å²) >= 11 is 0. The number of aliphatic hydroxyl groups is 1. The van der Waals surface area contributed by atoms with Crippen LogP contribution in [0.2, 0.25) is 0 Å². The van der Waals surface area contributed by atoms with Crippen molar-refractivity contribution in [2.75, 3.05) is 52.6 Å². The topological polar surface area (TPSA) is 101 Å². The van der Waals surface area contributed by atoms with E-state index in [0.717, 1.165) is 12.8 Å². The third-order valence-corrected chi connectivity index (χ3v) is 5.53. The van der Waals surface area contributed by atoms with Crippen LogP contribution in [0.5, 0.6) is 0 Å². The molecule has 2 N–H and O–H groups in total. The van der Waals surface area contributed by atoms with E-state index in [-0.39, 0.29) is 43.3 Å². The summed E-state index contributed by atoms with van der Waals surface area (Å²) in [6.45, 7) is 5.71. The van der Waals surface area contributed by atoms with Crippen LogP contribution in [-0.4, -0.2) is 104 Å². The Bertz CT molecular complexity index is 528. The van der Waals surface area contributed by atoms with Crippen molar-refractivity contribution in [2.45, 2.75) is 57.0 Å². The maximum Gasteiger partial charge on any atom is 0.317 e. The zero-order chi connectivity index (χ0) is 19.9. The van der Waals surface area contributed by atoms with Crippen LogP contribution in [0.3, 0.4) is 0 Å². The van der Waals surface area contributed by atoms with Crippen molar-refractivity contribution in [2.24, 2.45) is 0 Å². The van der Waals surface area contributed by atoms with Crippen molar-refractivity contribution in [1.29, 1.82) is 0 Å². The number of carbonyl (C=O) groups excluding carboxylic acids is 2. The summed E-state index contributed by atoms with van der Waals surface area (Å²) in [7, 11) is 0. The summed E-state index contributed by atoms with van der Waals surface area (Å²) in [5.41, 5.74) is 0. The summed E-state index contributed by atoms with van der Waals surface area (Å²) in [6.07, 6.45) is 1.43. The van der Waals surface area contributed by atoms with Crippen LogP contribution < -0.4 is 5.32 Å². The molecule has 3 aliphatic heterocycles. The van der Waals surface area contributed by atoms with E-state index in [2.05, 4.69) is 5.32 Å². The first-order valence-corrected chi connectivity index (χ1v) is 10.4. The molecule has 3 amide bonds. The Morgan fingerprint density at radius 3 is 2.68 bits per heavy atom. The van der Waals surface area contributed by atoms with E-state index < -0.39 is 6.10 Å². The maximum atomic E-state index is 12.6. The molecule has 0 radical (unpaired) electrons. The molecule has 3 rings (SSSR count). The number of nitrogens with one attached hydrogen (secondary N) is 1. The lowest BCUT2D eigenvalue weighted by molar-refractivity contribution is -0.156. The summed E-state index contributed by atoms with van der Waals surface area (Å²) in [5.74, 6) is 0.0893. The molecule has 9 nitrogen and oxygen atoms in total. The van der Waals surface area contributed by atoms with Gasteiger partial charge in [-0.1, -0.05) is 6.92 Å². The van der Waals surface area contributed by atoms with Gasteiger partial charge in [-0.05, 0) is 19.3 Å². The molecule has 0 aromatic heterocycles. The molecule has 160 valence electrons. The fourth-order valence-electron chi connectivity index (χ4n) is 4.04. The molecule has 28 heavy (non-hydrogen) atoms. The van der Waals surface area contributed by atoms with Crippen molar-refractivity contribution in [3.05, 3.63) is 0 Å². The molecular weight excluding hydrogens is 366 g/mol. The Hall–Kier alpha value is -1.42. The predicted octanol–water partition coefficient (Wildman–Crippen LogP) is -0.0358. The Labute approximate surface area is 166 Å². The van der Waals surface area contributed by atoms with Crippen molar-refractivity contribution in [1.82, 2.24) is 15.1 Å². The number of β-amino-alcohol motifs (C(OH)–C–C–N with tert-alkyl or cyclic N) is 1. The van der Waals surface area contributed by atoms with Crippen molar-refractivity contribution >= 4 is 11.9 Å². The van der Waals surface area contributed by atoms with Gasteiger partial charge in [-0.3, -0.25) is 4.79 Å². The Morgan fingerprint density at radius 1 is 1.14 bits per heavy atom. The molecule has 0 aliphatic carbocycles. The summed E-state index contributed by atoms with van der Waals surface area (Å²) in [4.78, 5) is 28.7. The minimum absolute atomic E-state index is 0.0893. The molecular formula is C19H33N3O6. The number of carbonyl (C=O) groups is 2. The first-order chi connectivity index (χ1) is 13.6. The largest absolute Gasteiger partial charge is 0.389 e. The third-order valence-electron chi connectivity index (χ3n) is 5.53. The minimum atomic E-state index is -0.714. The number of hydrogen-bond acceptors (Lipinski definition) is 6. The molecule has 0 unspecified atom stereocenters. The van der Waals surface area contributed by atoms with Gasteiger partial charge in [-0.25, -0.2) is 4.79 Å². The number of urea groups is 1. The fourth-order valence-corrected chi connectivity index (χ4v) is 4.04. The fraction of sp³-hybridized carbons (Fsp3) is 0.895. The lowest BCUT2D eigenvalue weighted by Gasteiger charge is -2.44. The van der Waals surface area contributed by atoms with Gasteiger partial charge in [0.25, 0.3) is 0 Å². The number of fused-ring (bicyclic) bond motifs is 1. The van der Waals surface area contributed by atoms with Gasteiger partial charge in [-0.15, -0.1) is 0 Å². The van der Waals surface area contributed by atoms with Crippen molar-refractivity contribution in [3.8, 4) is 0 Å². The highest BCUT2D eigenvalue weighted by Gasteiger charge is 2.40. The molecule has 4 atom stereocenters. The van der Waals surface area contributed by atoms with Gasteiger partial charge in [0, 0.05) is 19.6 Å². The van der Waals surface area contributed by atoms with E-state index in [1.54, 1.807) is 4.90 Å². The molecule has 0 spiro atoms. The molecule has 0 aromatic rings. The van der Waals surface area contributed by atoms with E-state index in [1.807, 2.05) is 11.8 Å². The van der Waals surface area contributed by atoms with E-state index in [9.17, 15) is 14.7 Å². The quantitative estimate of drug-likeness (QED) is 0.688. The smallest absolute Gasteiger partial charge is 0.317 e. The van der Waals surface area contributed by atoms with Gasteiger partial charge in [0.1, 0.15) is 6.10 Å². The number of ether oxygens (including phenoxy) is 3. The summed E-state index contributed by atoms with van der Waals surface area (Å²) in [6, 6.07) is -0.342. The molecule has 0 aromatic carbocycles. The number of hydrogen-bond donors (Lipinski definition) is 2. The van der Waals surface area contributed by atoms with Crippen LogP contribution in [0, 0.1) is 0 Å². The molecule has 3 saturated heterocycles. The highest BCUT2D eigenvalue weighted by molar-refractivity contribution is 5.77. The zero-order valence-electron chi connectivity index (χ0n) is 16.7. The average Bonchev–Trinajstić information content (AvgIpc) is 2.70. The zero-order valence-corrected chi connectivity index (χ0v) is 16.7. The van der Waals surface area contributed by atoms with E-state index in [0.29, 0.717) is 52.3 Å². The first-order valence-electron chi connectivity index (χ1n) is 10.4. The number of rotatable bonds is 4. The minimum Gasteiger partial charge on any atom is -0.389 e. The maximum absolute atomic E-state index is 12.6. The lowest BCUT2D eigenvalue weighted by Crippen LogP contribution is -2.59. The van der Waals surface area contributed by atoms with E-state index >= 15 is 0 Å². The number of nitrogens with zero attached hydrogens (tertiary/aromatic N) is 2. The van der Waals surface area contributed by atoms with Gasteiger partial charge < -0.3 is 34.4 Å². The first kappa shape index (κ1) is 21.3. The number of morpholine rings is 1. The Balaban J connectivity index is 1.60. The van der Waals surface area contributed by atoms with Gasteiger partial charge in [0.15, 0.2) is 0 Å². The van der Waals surface area contributed by atoms with Gasteiger partial charge in [-0.2, -0.15) is 0 Å². The third kappa shape index (κ3) is 5.56. The van der Waals surface area contributed by atoms with E-state index in [4.69, 9.17) is 14.2 Å². The second-order valence-electron chi connectivity index (χ2n) is 7.71. The Morgan fingerprint density at radius 2 is 1.93 bits per heavy atom. The molecule has 3 fully saturated rings. The van der Waals surface area contributed by atoms with Crippen molar-refractivity contribution in [3.63, 3.8) is 0 Å². The van der Waals surface area contributed by atoms with Crippen LogP contribution in [0.1, 0.15) is 32.6 Å². The highest BCUT2D eigenvalue weighted by atomic mass is 16.5. The molecule has 0 bridgehead atoms. The van der Waals surface area contributed by atoms with Crippen LogP contribution in [0.4, 0.5) is 4.79 Å². The second kappa shape index (κ2) is 10.4. The number of amides is 3. The summed E-state index contributed by atoms with van der Waals surface area (Å²) in [5, 5.41) is 13.0. The van der Waals surface area contributed by atoms with Gasteiger partial charge in [0.2, 0.25) is 5.91 Å². The van der Waals surface area contributed by atoms with Gasteiger partial charge in [0.05, 0.1) is 57.6 Å². The SMILES string of the molecule is CCCNC(=O)N1C[C@@H](O)COC[C@@H]2O[C@H](CC(=O)N3CCOCC3)CC[C@H]21. The van der Waals surface area contributed by atoms with Gasteiger partial charge >= 0.3 is 6.03 Å². The van der Waals surface area contributed by atoms with Crippen LogP contribution in [0.15, 0.2) is 0 Å². The highest BCUT2D eigenvalue weighted by Crippen LogP contribution is 2.28. The van der Waals surface area contributed by atoms with Crippen LogP contribution >= 0.6 is 0 Å². The average molecular weight is 399 g/mol. The normalized spacial score (nSPS) is 31.5. The monoisotopic (exact) mass is 399 g/mol.